The van der Waals surface area contributed by atoms with Crippen LogP contribution < -0.4 is 0 Å². The lowest BCUT2D eigenvalue weighted by Gasteiger charge is -2.22. The van der Waals surface area contributed by atoms with Gasteiger partial charge in [0.05, 0.1) is 11.1 Å². The first-order chi connectivity index (χ1) is 14.9. The first kappa shape index (κ1) is 18.5. The molecule has 6 rings (SSSR count). The van der Waals surface area contributed by atoms with E-state index in [1.807, 2.05) is 0 Å². The molecule has 0 saturated carbocycles. The molecule has 0 aliphatic carbocycles. The van der Waals surface area contributed by atoms with Crippen LogP contribution in [0, 0.1) is 6.92 Å². The van der Waals surface area contributed by atoms with E-state index in [1.165, 1.54) is 31.3 Å². The molecule has 152 valence electrons. The fourth-order valence-corrected chi connectivity index (χ4v) is 5.56. The Balaban J connectivity index is 1.76. The van der Waals surface area contributed by atoms with Gasteiger partial charge < -0.3 is 4.42 Å². The molecule has 0 aliphatic heterocycles. The van der Waals surface area contributed by atoms with E-state index in [2.05, 4.69) is 87.3 Å². The number of aromatic nitrogens is 2. The maximum Gasteiger partial charge on any atom is 0.231 e. The second kappa shape index (κ2) is 6.38. The molecule has 0 unspecified atom stereocenters. The van der Waals surface area contributed by atoms with Crippen molar-refractivity contribution >= 4 is 54.3 Å². The predicted octanol–water partition coefficient (Wildman–Crippen LogP) is 8.02. The van der Waals surface area contributed by atoms with Crippen LogP contribution in [0.15, 0.2) is 65.3 Å². The Morgan fingerprint density at radius 1 is 0.871 bits per heavy atom. The molecule has 0 N–H and O–H groups in total. The summed E-state index contributed by atoms with van der Waals surface area (Å²) >= 11 is 1.81. The van der Waals surface area contributed by atoms with Gasteiger partial charge in [0.1, 0.15) is 11.9 Å². The summed E-state index contributed by atoms with van der Waals surface area (Å²) < 4.78 is 7.43. The molecule has 3 nitrogen and oxygen atoms in total. The van der Waals surface area contributed by atoms with Gasteiger partial charge >= 0.3 is 0 Å². The number of furan rings is 1. The van der Waals surface area contributed by atoms with Gasteiger partial charge in [-0.3, -0.25) is 0 Å². The van der Waals surface area contributed by atoms with Crippen LogP contribution in [-0.4, -0.2) is 9.97 Å². The Labute approximate surface area is 184 Å². The molecule has 3 aromatic carbocycles. The highest BCUT2D eigenvalue weighted by molar-refractivity contribution is 7.19. The largest absolute Gasteiger partial charge is 0.438 e. The van der Waals surface area contributed by atoms with Crippen LogP contribution in [0.1, 0.15) is 31.2 Å². The highest BCUT2D eigenvalue weighted by Gasteiger charge is 2.22. The van der Waals surface area contributed by atoms with Crippen LogP contribution in [0.25, 0.3) is 54.2 Å². The summed E-state index contributed by atoms with van der Waals surface area (Å²) in [5.41, 5.74) is 4.86. The zero-order valence-electron chi connectivity index (χ0n) is 18.0. The van der Waals surface area contributed by atoms with Gasteiger partial charge in [0.2, 0.25) is 5.71 Å². The normalized spacial score (nSPS) is 12.5. The summed E-state index contributed by atoms with van der Waals surface area (Å²) in [6, 6.07) is 19.6. The maximum absolute atomic E-state index is 6.17. The minimum absolute atomic E-state index is 0.0119. The number of fused-ring (bicyclic) bond motifs is 6. The average molecular weight is 423 g/mol. The zero-order valence-corrected chi connectivity index (χ0v) is 18.8. The number of benzene rings is 3. The third-order valence-corrected chi connectivity index (χ3v) is 7.01. The van der Waals surface area contributed by atoms with Crippen molar-refractivity contribution in [2.75, 3.05) is 0 Å². The minimum Gasteiger partial charge on any atom is -0.438 e. The number of nitrogens with zero attached hydrogens (tertiary/aromatic N) is 2. The Morgan fingerprint density at radius 2 is 1.71 bits per heavy atom. The lowest BCUT2D eigenvalue weighted by atomic mass is 9.82. The summed E-state index contributed by atoms with van der Waals surface area (Å²) in [5.74, 6) is 0. The molecule has 3 aromatic heterocycles. The molecule has 0 saturated heterocycles. The Hall–Kier alpha value is -3.24. The van der Waals surface area contributed by atoms with E-state index < -0.39 is 0 Å². The molecular weight excluding hydrogens is 400 g/mol. The highest BCUT2D eigenvalue weighted by atomic mass is 32.1. The monoisotopic (exact) mass is 422 g/mol. The molecule has 0 spiro atoms. The lowest BCUT2D eigenvalue weighted by Crippen LogP contribution is -2.12. The molecule has 6 aromatic rings. The molecule has 4 heteroatoms. The highest BCUT2D eigenvalue weighted by Crippen LogP contribution is 2.42. The van der Waals surface area contributed by atoms with Crippen LogP contribution in [-0.2, 0) is 5.41 Å². The summed E-state index contributed by atoms with van der Waals surface area (Å²) in [7, 11) is 0. The van der Waals surface area contributed by atoms with Gasteiger partial charge in [0, 0.05) is 25.9 Å². The molecule has 0 aliphatic rings. The van der Waals surface area contributed by atoms with Crippen LogP contribution in [0.4, 0.5) is 0 Å². The third kappa shape index (κ3) is 2.78. The fourth-order valence-electron chi connectivity index (χ4n) is 4.62. The molecule has 0 bridgehead atoms. The van der Waals surface area contributed by atoms with E-state index in [0.29, 0.717) is 5.71 Å². The summed E-state index contributed by atoms with van der Waals surface area (Å²) in [4.78, 5) is 10.5. The zero-order chi connectivity index (χ0) is 21.3. The van der Waals surface area contributed by atoms with Gasteiger partial charge in [-0.2, -0.15) is 0 Å². The van der Waals surface area contributed by atoms with Crippen molar-refractivity contribution < 1.29 is 4.42 Å². The van der Waals surface area contributed by atoms with Gasteiger partial charge in [0.25, 0.3) is 0 Å². The molecule has 0 atom stereocenters. The molecule has 0 amide bonds. The number of rotatable bonds is 1. The van der Waals surface area contributed by atoms with Crippen molar-refractivity contribution in [1.29, 1.82) is 0 Å². The van der Waals surface area contributed by atoms with Gasteiger partial charge in [-0.1, -0.05) is 45.0 Å². The van der Waals surface area contributed by atoms with Crippen LogP contribution in [0.2, 0.25) is 0 Å². The number of hydrogen-bond acceptors (Lipinski definition) is 4. The molecule has 31 heavy (non-hydrogen) atoms. The van der Waals surface area contributed by atoms with E-state index in [4.69, 9.17) is 9.40 Å². The van der Waals surface area contributed by atoms with Crippen molar-refractivity contribution in [2.45, 2.75) is 33.1 Å². The smallest absolute Gasteiger partial charge is 0.231 e. The summed E-state index contributed by atoms with van der Waals surface area (Å²) in [5, 5.41) is 5.83. The lowest BCUT2D eigenvalue weighted by molar-refractivity contribution is 0.596. The Kier molecular flexibility index (Phi) is 3.81. The van der Waals surface area contributed by atoms with Crippen LogP contribution >= 0.6 is 11.3 Å². The van der Waals surface area contributed by atoms with Crippen molar-refractivity contribution in [3.8, 4) is 11.3 Å². The Bertz CT molecular complexity index is 1630. The topological polar surface area (TPSA) is 38.9 Å². The molecule has 0 radical (unpaired) electrons. The van der Waals surface area contributed by atoms with Crippen molar-refractivity contribution in [2.24, 2.45) is 0 Å². The van der Waals surface area contributed by atoms with Crippen LogP contribution in [0.5, 0.6) is 0 Å². The maximum atomic E-state index is 6.17. The number of aryl methyl sites for hydroxylation is 1. The molecule has 0 fully saturated rings. The summed E-state index contributed by atoms with van der Waals surface area (Å²) in [6.07, 6.45) is 1.61. The quantitative estimate of drug-likeness (QED) is 0.269. The SMILES string of the molecule is Cc1cc2c(ccc3oc4ncnc(-c5cc(C(C)(C)C)c6ccccc6c5)c4c32)s1. The van der Waals surface area contributed by atoms with E-state index in [1.54, 1.807) is 17.7 Å². The first-order valence-corrected chi connectivity index (χ1v) is 11.3. The third-order valence-electron chi connectivity index (χ3n) is 6.00. The van der Waals surface area contributed by atoms with Gasteiger partial charge in [0.15, 0.2) is 0 Å². The predicted molar refractivity (Wildman–Crippen MR) is 131 cm³/mol. The van der Waals surface area contributed by atoms with Crippen molar-refractivity contribution in [3.05, 3.63) is 71.4 Å². The number of hydrogen-bond donors (Lipinski definition) is 0. The Morgan fingerprint density at radius 3 is 2.55 bits per heavy atom. The van der Waals surface area contributed by atoms with E-state index >= 15 is 0 Å². The minimum atomic E-state index is 0.0119. The van der Waals surface area contributed by atoms with Crippen molar-refractivity contribution in [3.63, 3.8) is 0 Å². The first-order valence-electron chi connectivity index (χ1n) is 10.5. The number of thiophene rings is 1. The molecule has 3 heterocycles. The standard InChI is InChI=1S/C27H22N2OS/c1-15-11-19-22(31-15)10-9-21-23(19)24-25(28-14-29-26(24)30-21)17-12-16-7-5-6-8-18(16)20(13-17)27(2,3)4/h5-14H,1-4H3. The average Bonchev–Trinajstić information content (AvgIpc) is 3.31. The second-order valence-corrected chi connectivity index (χ2v) is 10.5. The summed E-state index contributed by atoms with van der Waals surface area (Å²) in [6.45, 7) is 8.94. The second-order valence-electron chi connectivity index (χ2n) is 9.21. The van der Waals surface area contributed by atoms with Gasteiger partial charge in [-0.15, -0.1) is 11.3 Å². The van der Waals surface area contributed by atoms with Gasteiger partial charge in [-0.05, 0) is 59.0 Å². The van der Waals surface area contributed by atoms with Crippen LogP contribution in [0.3, 0.4) is 0 Å². The van der Waals surface area contributed by atoms with E-state index in [-0.39, 0.29) is 5.41 Å². The van der Waals surface area contributed by atoms with E-state index in [9.17, 15) is 0 Å². The fraction of sp³-hybridized carbons (Fsp3) is 0.185. The van der Waals surface area contributed by atoms with E-state index in [0.717, 1.165) is 27.6 Å². The van der Waals surface area contributed by atoms with Crippen molar-refractivity contribution in [1.82, 2.24) is 9.97 Å². The van der Waals surface area contributed by atoms with Gasteiger partial charge in [-0.25, -0.2) is 9.97 Å². The molecular formula is C27H22N2OS.